The molecule has 7 nitrogen and oxygen atoms in total. The van der Waals surface area contributed by atoms with Crippen LogP contribution in [0.3, 0.4) is 0 Å². The van der Waals surface area contributed by atoms with Crippen molar-refractivity contribution in [1.82, 2.24) is 24.8 Å². The number of thiocarbonyl (C=S) groups is 1. The van der Waals surface area contributed by atoms with Gasteiger partial charge in [-0.3, -0.25) is 9.78 Å². The lowest BCUT2D eigenvalue weighted by molar-refractivity contribution is -0.143. The number of esters is 1. The first kappa shape index (κ1) is 20.0. The summed E-state index contributed by atoms with van der Waals surface area (Å²) in [7, 11) is 0. The van der Waals surface area contributed by atoms with Crippen LogP contribution < -0.4 is 5.32 Å². The zero-order valence-corrected chi connectivity index (χ0v) is 17.7. The quantitative estimate of drug-likeness (QED) is 0.484. The zero-order valence-electron chi connectivity index (χ0n) is 16.9. The van der Waals surface area contributed by atoms with Crippen molar-refractivity contribution in [3.8, 4) is 5.82 Å². The van der Waals surface area contributed by atoms with Gasteiger partial charge < -0.3 is 19.5 Å². The molecular formula is C22H23N5O2S. The molecule has 0 amide bonds. The number of ether oxygens (including phenoxy) is 1. The minimum atomic E-state index is -0.320. The summed E-state index contributed by atoms with van der Waals surface area (Å²) in [5.74, 6) is 0.481. The third-order valence-corrected chi connectivity index (χ3v) is 5.38. The predicted molar refractivity (Wildman–Crippen MR) is 117 cm³/mol. The van der Waals surface area contributed by atoms with E-state index in [9.17, 15) is 4.79 Å². The normalized spacial score (nSPS) is 18.3. The molecule has 0 saturated carbocycles. The Bertz CT molecular complexity index is 1040. The number of carbonyl (C=O) groups excluding carboxylic acids is 1. The number of hydrogen-bond acceptors (Lipinski definition) is 5. The molecule has 1 saturated heterocycles. The number of nitrogens with zero attached hydrogens (tertiary/aromatic N) is 4. The standard InChI is InChI=1S/C22H23N5O2S/c1-3-29-19(28)14-27-21(20(25-22(27)30)16-7-4-5-11-23-16)17-8-6-12-26(17)18-10-9-15(2)13-24-18/h4-13,20-21H,3,14H2,1-2H3,(H,25,30)/t20-,21+/m1/s1. The second kappa shape index (κ2) is 8.62. The van der Waals surface area contributed by atoms with E-state index in [1.165, 1.54) is 0 Å². The summed E-state index contributed by atoms with van der Waals surface area (Å²) in [5.41, 5.74) is 2.89. The van der Waals surface area contributed by atoms with Crippen molar-refractivity contribution in [2.75, 3.05) is 13.2 Å². The van der Waals surface area contributed by atoms with E-state index >= 15 is 0 Å². The highest BCUT2D eigenvalue weighted by Gasteiger charge is 2.42. The number of nitrogens with one attached hydrogen (secondary N) is 1. The molecule has 0 aromatic carbocycles. The fourth-order valence-electron chi connectivity index (χ4n) is 3.69. The van der Waals surface area contributed by atoms with E-state index in [2.05, 4.69) is 15.3 Å². The van der Waals surface area contributed by atoms with Crippen LogP contribution in [0.1, 0.15) is 36.0 Å². The van der Waals surface area contributed by atoms with E-state index in [1.54, 1.807) is 13.1 Å². The van der Waals surface area contributed by atoms with Crippen LogP contribution in [0.2, 0.25) is 0 Å². The summed E-state index contributed by atoms with van der Waals surface area (Å²) in [5, 5.41) is 3.84. The van der Waals surface area contributed by atoms with E-state index in [-0.39, 0.29) is 24.6 Å². The topological polar surface area (TPSA) is 72.3 Å². The average Bonchev–Trinajstić information content (AvgIpc) is 3.34. The van der Waals surface area contributed by atoms with Gasteiger partial charge in [0.05, 0.1) is 24.4 Å². The molecule has 0 unspecified atom stereocenters. The molecule has 3 aromatic heterocycles. The molecule has 154 valence electrons. The lowest BCUT2D eigenvalue weighted by Crippen LogP contribution is -2.36. The number of carbonyl (C=O) groups is 1. The average molecular weight is 422 g/mol. The monoisotopic (exact) mass is 421 g/mol. The van der Waals surface area contributed by atoms with Gasteiger partial charge in [-0.15, -0.1) is 0 Å². The maximum atomic E-state index is 12.3. The Morgan fingerprint density at radius 2 is 2.07 bits per heavy atom. The Morgan fingerprint density at radius 3 is 2.77 bits per heavy atom. The smallest absolute Gasteiger partial charge is 0.325 e. The van der Waals surface area contributed by atoms with Crippen LogP contribution in [0.5, 0.6) is 0 Å². The number of pyridine rings is 2. The van der Waals surface area contributed by atoms with Crippen molar-refractivity contribution in [3.63, 3.8) is 0 Å². The molecule has 1 aliphatic rings. The van der Waals surface area contributed by atoms with Crippen LogP contribution in [0.25, 0.3) is 5.82 Å². The minimum absolute atomic E-state index is 0.0557. The van der Waals surface area contributed by atoms with Gasteiger partial charge in [0, 0.05) is 24.3 Å². The highest BCUT2D eigenvalue weighted by molar-refractivity contribution is 7.80. The molecule has 0 aliphatic carbocycles. The van der Waals surface area contributed by atoms with Gasteiger partial charge in [-0.1, -0.05) is 12.1 Å². The van der Waals surface area contributed by atoms with Gasteiger partial charge in [-0.2, -0.15) is 0 Å². The SMILES string of the molecule is CCOC(=O)CN1C(=S)N[C@H](c2ccccn2)[C@@H]1c1cccn1-c1ccc(C)cn1. The molecule has 0 radical (unpaired) electrons. The molecule has 4 heterocycles. The largest absolute Gasteiger partial charge is 0.465 e. The summed E-state index contributed by atoms with van der Waals surface area (Å²) in [6.07, 6.45) is 5.56. The van der Waals surface area contributed by atoms with Crippen molar-refractivity contribution in [3.05, 3.63) is 78.0 Å². The van der Waals surface area contributed by atoms with Gasteiger partial charge in [0.1, 0.15) is 12.4 Å². The van der Waals surface area contributed by atoms with E-state index in [0.717, 1.165) is 22.8 Å². The Labute approximate surface area is 180 Å². The third kappa shape index (κ3) is 3.91. The van der Waals surface area contributed by atoms with Crippen LogP contribution in [0.4, 0.5) is 0 Å². The molecule has 8 heteroatoms. The van der Waals surface area contributed by atoms with E-state index in [1.807, 2.05) is 71.2 Å². The van der Waals surface area contributed by atoms with Crippen molar-refractivity contribution >= 4 is 23.3 Å². The van der Waals surface area contributed by atoms with Gasteiger partial charge >= 0.3 is 5.97 Å². The molecule has 1 fully saturated rings. The number of hydrogen-bond donors (Lipinski definition) is 1. The molecule has 1 N–H and O–H groups in total. The lowest BCUT2D eigenvalue weighted by Gasteiger charge is -2.28. The van der Waals surface area contributed by atoms with Crippen LogP contribution in [0.15, 0.2) is 61.1 Å². The molecular weight excluding hydrogens is 398 g/mol. The summed E-state index contributed by atoms with van der Waals surface area (Å²) >= 11 is 5.60. The predicted octanol–water partition coefficient (Wildman–Crippen LogP) is 3.11. The van der Waals surface area contributed by atoms with Gasteiger partial charge in [-0.05, 0) is 62.0 Å². The van der Waals surface area contributed by atoms with Gasteiger partial charge in [0.15, 0.2) is 5.11 Å². The summed E-state index contributed by atoms with van der Waals surface area (Å²) < 4.78 is 7.21. The summed E-state index contributed by atoms with van der Waals surface area (Å²) in [6.45, 7) is 4.18. The van der Waals surface area contributed by atoms with E-state index in [4.69, 9.17) is 17.0 Å². The van der Waals surface area contributed by atoms with Crippen molar-refractivity contribution in [2.45, 2.75) is 25.9 Å². The molecule has 30 heavy (non-hydrogen) atoms. The number of aromatic nitrogens is 3. The first-order chi connectivity index (χ1) is 14.6. The van der Waals surface area contributed by atoms with Gasteiger partial charge in [0.2, 0.25) is 0 Å². The maximum absolute atomic E-state index is 12.3. The van der Waals surface area contributed by atoms with Crippen LogP contribution in [-0.2, 0) is 9.53 Å². The highest BCUT2D eigenvalue weighted by Crippen LogP contribution is 2.39. The number of aryl methyl sites for hydroxylation is 1. The van der Waals surface area contributed by atoms with Crippen LogP contribution in [-0.4, -0.2) is 43.7 Å². The summed E-state index contributed by atoms with van der Waals surface area (Å²) in [4.78, 5) is 23.3. The first-order valence-electron chi connectivity index (χ1n) is 9.82. The molecule has 0 spiro atoms. The van der Waals surface area contributed by atoms with Crippen molar-refractivity contribution in [1.29, 1.82) is 0 Å². The first-order valence-corrected chi connectivity index (χ1v) is 10.2. The van der Waals surface area contributed by atoms with Gasteiger partial charge in [-0.25, -0.2) is 4.98 Å². The Hall–Kier alpha value is -3.26. The fourth-order valence-corrected chi connectivity index (χ4v) is 3.99. The second-order valence-corrected chi connectivity index (χ2v) is 7.44. The van der Waals surface area contributed by atoms with Crippen LogP contribution >= 0.6 is 12.2 Å². The Morgan fingerprint density at radius 1 is 1.20 bits per heavy atom. The zero-order chi connectivity index (χ0) is 21.1. The van der Waals surface area contributed by atoms with E-state index in [0.29, 0.717) is 11.7 Å². The highest BCUT2D eigenvalue weighted by atomic mass is 32.1. The van der Waals surface area contributed by atoms with Crippen molar-refractivity contribution in [2.24, 2.45) is 0 Å². The second-order valence-electron chi connectivity index (χ2n) is 7.06. The number of rotatable bonds is 6. The van der Waals surface area contributed by atoms with Crippen molar-refractivity contribution < 1.29 is 9.53 Å². The summed E-state index contributed by atoms with van der Waals surface area (Å²) in [6, 6.07) is 13.3. The van der Waals surface area contributed by atoms with Gasteiger partial charge in [0.25, 0.3) is 0 Å². The molecule has 1 aliphatic heterocycles. The maximum Gasteiger partial charge on any atom is 0.325 e. The third-order valence-electron chi connectivity index (χ3n) is 5.03. The minimum Gasteiger partial charge on any atom is -0.465 e. The molecule has 2 atom stereocenters. The molecule has 4 rings (SSSR count). The Balaban J connectivity index is 1.77. The lowest BCUT2D eigenvalue weighted by atomic mass is 10.0. The van der Waals surface area contributed by atoms with E-state index < -0.39 is 0 Å². The van der Waals surface area contributed by atoms with Crippen LogP contribution in [0, 0.1) is 6.92 Å². The molecule has 3 aromatic rings. The molecule has 0 bridgehead atoms. The fraction of sp³-hybridized carbons (Fsp3) is 0.273. The Kier molecular flexibility index (Phi) is 5.76.